The third kappa shape index (κ3) is 11.9. The largest absolute Gasteiger partial charge is 0.497 e. The van der Waals surface area contributed by atoms with Gasteiger partial charge in [-0.2, -0.15) is 0 Å². The predicted molar refractivity (Wildman–Crippen MR) is 247 cm³/mol. The highest BCUT2D eigenvalue weighted by Gasteiger charge is 2.42. The van der Waals surface area contributed by atoms with Crippen LogP contribution in [0.1, 0.15) is 119 Å². The molecular weight excluding hydrogens is 789 g/mol. The maximum absolute atomic E-state index is 10.6. The molecule has 4 aromatic carbocycles. The third-order valence-corrected chi connectivity index (χ3v) is 15.2. The first kappa shape index (κ1) is 46.7. The Balaban J connectivity index is 0.000000230. The number of carboxylic acid groups (broad SMARTS) is 1. The quantitative estimate of drug-likeness (QED) is 0.0530. The fourth-order valence-electron chi connectivity index (χ4n) is 8.76. The van der Waals surface area contributed by atoms with Gasteiger partial charge in [0.1, 0.15) is 29.3 Å². The summed E-state index contributed by atoms with van der Waals surface area (Å²) >= 11 is 3.84. The summed E-state index contributed by atoms with van der Waals surface area (Å²) in [5.74, 6) is 5.79. The van der Waals surface area contributed by atoms with Gasteiger partial charge in [-0.1, -0.05) is 88.1 Å². The number of allylic oxidation sites excluding steroid dienone is 1. The van der Waals surface area contributed by atoms with Gasteiger partial charge in [-0.15, -0.1) is 23.5 Å². The Morgan fingerprint density at radius 2 is 1.02 bits per heavy atom. The molecule has 4 aromatic rings. The number of aliphatic carboxylic acids is 1. The molecule has 2 aliphatic heterocycles. The van der Waals surface area contributed by atoms with Crippen molar-refractivity contribution in [3.8, 4) is 23.0 Å². The summed E-state index contributed by atoms with van der Waals surface area (Å²) in [6.45, 7) is 4.79. The van der Waals surface area contributed by atoms with Crippen LogP contribution in [0.15, 0.2) is 107 Å². The minimum absolute atomic E-state index is 0.0416. The number of ether oxygens (including phenoxy) is 4. The van der Waals surface area contributed by atoms with Crippen molar-refractivity contribution in [2.24, 2.45) is 0 Å². The molecule has 9 heteroatoms. The molecule has 4 unspecified atom stereocenters. The minimum Gasteiger partial charge on any atom is -0.497 e. The number of hydrogen-bond acceptors (Lipinski definition) is 8. The van der Waals surface area contributed by atoms with Crippen LogP contribution >= 0.6 is 23.5 Å². The molecular formula is C51H64O7S2. The number of thioether (sulfide) groups is 2. The van der Waals surface area contributed by atoms with E-state index in [0.29, 0.717) is 18.3 Å². The minimum atomic E-state index is -0.774. The normalized spacial score (nSPS) is 20.6. The SMILES string of the molecule is COc1ccc(C2(C)CSc3cc(OC)ccc3C2CCCCCC=CCC(=O)O)cc1.COc1ccc(C2(C)CSc3cc(OC)ccc3C2CCCCCC=O)cc1. The van der Waals surface area contributed by atoms with Gasteiger partial charge >= 0.3 is 5.97 Å². The van der Waals surface area contributed by atoms with Gasteiger partial charge in [0.2, 0.25) is 0 Å². The van der Waals surface area contributed by atoms with Gasteiger partial charge in [0.25, 0.3) is 0 Å². The Morgan fingerprint density at radius 1 is 0.600 bits per heavy atom. The Labute approximate surface area is 367 Å². The van der Waals surface area contributed by atoms with E-state index in [1.54, 1.807) is 34.5 Å². The van der Waals surface area contributed by atoms with Gasteiger partial charge in [0, 0.05) is 38.5 Å². The number of benzene rings is 4. The molecule has 0 spiro atoms. The molecule has 0 bridgehead atoms. The van der Waals surface area contributed by atoms with Crippen molar-refractivity contribution < 1.29 is 33.6 Å². The van der Waals surface area contributed by atoms with Crippen molar-refractivity contribution in [2.45, 2.75) is 117 Å². The number of rotatable bonds is 20. The highest BCUT2D eigenvalue weighted by Crippen LogP contribution is 2.54. The molecule has 2 aliphatic rings. The molecule has 0 saturated heterocycles. The molecule has 0 saturated carbocycles. The number of hydrogen-bond donors (Lipinski definition) is 1. The number of aldehydes is 1. The predicted octanol–water partition coefficient (Wildman–Crippen LogP) is 12.8. The lowest BCUT2D eigenvalue weighted by Gasteiger charge is -2.43. The average Bonchev–Trinajstić information content (AvgIpc) is 3.28. The van der Waals surface area contributed by atoms with Crippen LogP contribution in [0, 0.1) is 0 Å². The summed E-state index contributed by atoms with van der Waals surface area (Å²) in [7, 11) is 6.86. The zero-order chi connectivity index (χ0) is 43.0. The second kappa shape index (κ2) is 23.0. The molecule has 6 rings (SSSR count). The van der Waals surface area contributed by atoms with Gasteiger partial charge in [0.15, 0.2) is 0 Å². The van der Waals surface area contributed by atoms with E-state index in [1.807, 2.05) is 29.6 Å². The Hall–Kier alpha value is -4.34. The van der Waals surface area contributed by atoms with E-state index in [2.05, 4.69) is 98.8 Å². The standard InChI is InChI=1S/C27H34O4S.C24H30O3S/c1-27(20-12-14-21(30-2)15-13-20)19-32-25-18-22(31-3)16-17-23(25)24(27)10-8-6-4-5-7-9-11-26(28)29;1-24(18-9-11-19(26-2)12-10-18)17-28-23-16-20(27-3)13-14-21(23)22(24)8-6-4-5-7-15-25/h7,9,12-18,24H,4-6,8,10-11,19H2,1-3H3,(H,28,29);9-16,22H,4-8,17H2,1-3H3. The van der Waals surface area contributed by atoms with Gasteiger partial charge in [-0.05, 0) is 115 Å². The molecule has 0 amide bonds. The summed E-state index contributed by atoms with van der Waals surface area (Å²) in [5, 5.41) is 8.72. The molecule has 1 N–H and O–H groups in total. The number of fused-ring (bicyclic) bond motifs is 2. The Kier molecular flexibility index (Phi) is 17.9. The molecule has 322 valence electrons. The highest BCUT2D eigenvalue weighted by atomic mass is 32.2. The van der Waals surface area contributed by atoms with Crippen LogP contribution in [-0.2, 0) is 20.4 Å². The molecule has 0 fully saturated rings. The van der Waals surface area contributed by atoms with Crippen LogP contribution in [0.25, 0.3) is 0 Å². The summed E-state index contributed by atoms with van der Waals surface area (Å²) in [6, 6.07) is 30.1. The van der Waals surface area contributed by atoms with Gasteiger partial charge in [-0.3, -0.25) is 4.79 Å². The molecule has 60 heavy (non-hydrogen) atoms. The molecule has 0 aromatic heterocycles. The second-order valence-electron chi connectivity index (χ2n) is 16.3. The maximum Gasteiger partial charge on any atom is 0.307 e. The van der Waals surface area contributed by atoms with E-state index in [9.17, 15) is 9.59 Å². The van der Waals surface area contributed by atoms with E-state index in [0.717, 1.165) is 98.6 Å². The van der Waals surface area contributed by atoms with Crippen molar-refractivity contribution in [1.82, 2.24) is 0 Å². The van der Waals surface area contributed by atoms with E-state index >= 15 is 0 Å². The lowest BCUT2D eigenvalue weighted by molar-refractivity contribution is -0.136. The molecule has 7 nitrogen and oxygen atoms in total. The number of carbonyl (C=O) groups excluding carboxylic acids is 1. The number of carbonyl (C=O) groups is 2. The van der Waals surface area contributed by atoms with Crippen molar-refractivity contribution in [3.63, 3.8) is 0 Å². The molecule has 4 atom stereocenters. The smallest absolute Gasteiger partial charge is 0.307 e. The number of unbranched alkanes of at least 4 members (excludes halogenated alkanes) is 6. The van der Waals surface area contributed by atoms with Gasteiger partial charge in [-0.25, -0.2) is 0 Å². The van der Waals surface area contributed by atoms with Gasteiger partial charge in [0.05, 0.1) is 34.9 Å². The first-order valence-electron chi connectivity index (χ1n) is 21.3. The van der Waals surface area contributed by atoms with E-state index in [1.165, 1.54) is 32.0 Å². The first-order valence-corrected chi connectivity index (χ1v) is 23.3. The van der Waals surface area contributed by atoms with Crippen LogP contribution < -0.4 is 18.9 Å². The zero-order valence-corrected chi connectivity index (χ0v) is 38.0. The third-order valence-electron chi connectivity index (χ3n) is 12.4. The fraction of sp³-hybridized carbons (Fsp3) is 0.451. The van der Waals surface area contributed by atoms with E-state index in [4.69, 9.17) is 24.1 Å². The van der Waals surface area contributed by atoms with Gasteiger partial charge < -0.3 is 28.8 Å². The van der Waals surface area contributed by atoms with Crippen molar-refractivity contribution in [3.05, 3.63) is 119 Å². The first-order chi connectivity index (χ1) is 29.1. The van der Waals surface area contributed by atoms with Crippen LogP contribution in [0.4, 0.5) is 0 Å². The van der Waals surface area contributed by atoms with E-state index in [-0.39, 0.29) is 17.3 Å². The average molecular weight is 853 g/mol. The van der Waals surface area contributed by atoms with Crippen LogP contribution in [-0.4, -0.2) is 57.3 Å². The fourth-order valence-corrected chi connectivity index (χ4v) is 11.6. The van der Waals surface area contributed by atoms with Crippen molar-refractivity contribution in [2.75, 3.05) is 39.9 Å². The molecule has 0 aliphatic carbocycles. The highest BCUT2D eigenvalue weighted by molar-refractivity contribution is 7.99. The van der Waals surface area contributed by atoms with Crippen molar-refractivity contribution >= 4 is 35.8 Å². The summed E-state index contributed by atoms with van der Waals surface area (Å²) in [4.78, 5) is 23.9. The number of methoxy groups -OCH3 is 4. The monoisotopic (exact) mass is 852 g/mol. The van der Waals surface area contributed by atoms with Crippen molar-refractivity contribution in [1.29, 1.82) is 0 Å². The second-order valence-corrected chi connectivity index (χ2v) is 18.3. The summed E-state index contributed by atoms with van der Waals surface area (Å²) < 4.78 is 21.6. The summed E-state index contributed by atoms with van der Waals surface area (Å²) in [5.41, 5.74) is 5.66. The van der Waals surface area contributed by atoms with Crippen LogP contribution in [0.5, 0.6) is 23.0 Å². The Morgan fingerprint density at radius 3 is 1.42 bits per heavy atom. The molecule has 2 heterocycles. The number of carboxylic acids is 1. The molecule has 0 radical (unpaired) electrons. The van der Waals surface area contributed by atoms with Crippen LogP contribution in [0.2, 0.25) is 0 Å². The van der Waals surface area contributed by atoms with E-state index < -0.39 is 5.97 Å². The van der Waals surface area contributed by atoms with Crippen LogP contribution in [0.3, 0.4) is 0 Å². The topological polar surface area (TPSA) is 91.3 Å². The lowest BCUT2D eigenvalue weighted by atomic mass is 9.68. The summed E-state index contributed by atoms with van der Waals surface area (Å²) in [6.07, 6.45) is 15.4. The maximum atomic E-state index is 10.6. The Bertz CT molecular complexity index is 2000. The zero-order valence-electron chi connectivity index (χ0n) is 36.4. The lowest BCUT2D eigenvalue weighted by Crippen LogP contribution is -2.36.